The Balaban J connectivity index is 1.41. The van der Waals surface area contributed by atoms with Gasteiger partial charge in [-0.05, 0) is 38.2 Å². The molecule has 7 nitrogen and oxygen atoms in total. The third-order valence-corrected chi connectivity index (χ3v) is 3.98. The summed E-state index contributed by atoms with van der Waals surface area (Å²) in [5, 5.41) is 6.98. The number of nitrogens with zero attached hydrogens (tertiary/aromatic N) is 4. The Morgan fingerprint density at radius 3 is 2.83 bits per heavy atom. The monoisotopic (exact) mass is 315 g/mol. The molecule has 1 saturated carbocycles. The summed E-state index contributed by atoms with van der Waals surface area (Å²) >= 11 is 0. The normalized spacial score (nSPS) is 20.9. The molecule has 0 saturated heterocycles. The Morgan fingerprint density at radius 2 is 2.17 bits per heavy atom. The lowest BCUT2D eigenvalue weighted by atomic mass is 9.93. The van der Waals surface area contributed by atoms with Crippen LogP contribution in [0.25, 0.3) is 0 Å². The van der Waals surface area contributed by atoms with Crippen LogP contribution in [0.4, 0.5) is 0 Å². The number of aryl methyl sites for hydroxylation is 1. The fraction of sp³-hybridized carbons (Fsp3) is 0.500. The van der Waals surface area contributed by atoms with E-state index in [1.54, 1.807) is 6.33 Å². The van der Waals surface area contributed by atoms with Crippen molar-refractivity contribution in [3.05, 3.63) is 36.5 Å². The number of aromatic nitrogens is 4. The SMILES string of the molecule is Cc1ccc(OC2CCC(NC(=O)Cn3cncn3)CC2)nc1. The van der Waals surface area contributed by atoms with Gasteiger partial charge >= 0.3 is 0 Å². The number of pyridine rings is 1. The first-order chi connectivity index (χ1) is 11.2. The number of carbonyl (C=O) groups is 1. The van der Waals surface area contributed by atoms with Gasteiger partial charge in [-0.2, -0.15) is 5.10 Å². The summed E-state index contributed by atoms with van der Waals surface area (Å²) in [6, 6.07) is 4.11. The largest absolute Gasteiger partial charge is 0.474 e. The molecule has 1 amide bonds. The molecular weight excluding hydrogens is 294 g/mol. The van der Waals surface area contributed by atoms with Crippen LogP contribution in [0.1, 0.15) is 31.2 Å². The minimum Gasteiger partial charge on any atom is -0.474 e. The van der Waals surface area contributed by atoms with Crippen LogP contribution < -0.4 is 10.1 Å². The van der Waals surface area contributed by atoms with Crippen LogP contribution in [0.3, 0.4) is 0 Å². The summed E-state index contributed by atoms with van der Waals surface area (Å²) in [5.74, 6) is 0.648. The van der Waals surface area contributed by atoms with Crippen molar-refractivity contribution in [1.82, 2.24) is 25.1 Å². The Morgan fingerprint density at radius 1 is 1.35 bits per heavy atom. The minimum absolute atomic E-state index is 0.0277. The zero-order chi connectivity index (χ0) is 16.1. The van der Waals surface area contributed by atoms with Gasteiger partial charge in [-0.25, -0.2) is 14.6 Å². The predicted molar refractivity (Wildman–Crippen MR) is 83.8 cm³/mol. The number of hydrogen-bond donors (Lipinski definition) is 1. The van der Waals surface area contributed by atoms with Gasteiger partial charge in [0.05, 0.1) is 0 Å². The maximum absolute atomic E-state index is 11.9. The average molecular weight is 315 g/mol. The lowest BCUT2D eigenvalue weighted by Gasteiger charge is -2.29. The number of nitrogens with one attached hydrogen (secondary N) is 1. The quantitative estimate of drug-likeness (QED) is 0.904. The molecule has 0 unspecified atom stereocenters. The number of rotatable bonds is 5. The molecule has 2 aromatic rings. The van der Waals surface area contributed by atoms with Gasteiger partial charge in [-0.3, -0.25) is 4.79 Å². The van der Waals surface area contributed by atoms with E-state index in [-0.39, 0.29) is 24.6 Å². The van der Waals surface area contributed by atoms with Crippen LogP contribution in [0.2, 0.25) is 0 Å². The molecular formula is C16H21N5O2. The van der Waals surface area contributed by atoms with E-state index in [1.165, 1.54) is 11.0 Å². The van der Waals surface area contributed by atoms with Crippen molar-refractivity contribution >= 4 is 5.91 Å². The van der Waals surface area contributed by atoms with Crippen LogP contribution in [0, 0.1) is 6.92 Å². The Kier molecular flexibility index (Phi) is 4.85. The number of carbonyl (C=O) groups excluding carboxylic acids is 1. The fourth-order valence-electron chi connectivity index (χ4n) is 2.75. The van der Waals surface area contributed by atoms with Crippen LogP contribution in [0.15, 0.2) is 31.0 Å². The van der Waals surface area contributed by atoms with E-state index in [0.29, 0.717) is 5.88 Å². The Hall–Kier alpha value is -2.44. The molecule has 0 atom stereocenters. The van der Waals surface area contributed by atoms with E-state index < -0.39 is 0 Å². The number of amides is 1. The maximum atomic E-state index is 11.9. The number of ether oxygens (including phenoxy) is 1. The minimum atomic E-state index is -0.0277. The highest BCUT2D eigenvalue weighted by Gasteiger charge is 2.24. The third kappa shape index (κ3) is 4.51. The first-order valence-electron chi connectivity index (χ1n) is 7.90. The number of hydrogen-bond acceptors (Lipinski definition) is 5. The molecule has 1 N–H and O–H groups in total. The molecule has 1 aliphatic carbocycles. The van der Waals surface area contributed by atoms with E-state index >= 15 is 0 Å². The molecule has 0 radical (unpaired) electrons. The Labute approximate surface area is 135 Å². The molecule has 3 rings (SSSR count). The topological polar surface area (TPSA) is 81.9 Å². The Bertz CT molecular complexity index is 618. The summed E-state index contributed by atoms with van der Waals surface area (Å²) in [5.41, 5.74) is 1.12. The molecule has 0 bridgehead atoms. The molecule has 1 fully saturated rings. The average Bonchev–Trinajstić information content (AvgIpc) is 3.04. The zero-order valence-corrected chi connectivity index (χ0v) is 13.2. The van der Waals surface area contributed by atoms with Crippen molar-refractivity contribution in [2.75, 3.05) is 0 Å². The second-order valence-corrected chi connectivity index (χ2v) is 5.93. The molecule has 0 spiro atoms. The highest BCUT2D eigenvalue weighted by atomic mass is 16.5. The molecule has 0 aromatic carbocycles. The second kappa shape index (κ2) is 7.21. The summed E-state index contributed by atoms with van der Waals surface area (Å²) in [6.45, 7) is 2.22. The molecule has 1 aliphatic rings. The molecule has 2 heterocycles. The summed E-state index contributed by atoms with van der Waals surface area (Å²) in [7, 11) is 0. The van der Waals surface area contributed by atoms with Gasteiger partial charge in [0.25, 0.3) is 0 Å². The van der Waals surface area contributed by atoms with Crippen LogP contribution in [-0.2, 0) is 11.3 Å². The first kappa shape index (κ1) is 15.5. The van der Waals surface area contributed by atoms with Gasteiger partial charge < -0.3 is 10.1 Å². The smallest absolute Gasteiger partial charge is 0.242 e. The molecule has 7 heteroatoms. The van der Waals surface area contributed by atoms with Gasteiger partial charge in [-0.15, -0.1) is 0 Å². The van der Waals surface area contributed by atoms with Crippen LogP contribution in [-0.4, -0.2) is 37.8 Å². The molecule has 122 valence electrons. The van der Waals surface area contributed by atoms with Gasteiger partial charge in [0.1, 0.15) is 25.3 Å². The van der Waals surface area contributed by atoms with E-state index in [2.05, 4.69) is 20.4 Å². The lowest BCUT2D eigenvalue weighted by molar-refractivity contribution is -0.122. The van der Waals surface area contributed by atoms with Crippen molar-refractivity contribution in [2.24, 2.45) is 0 Å². The fourth-order valence-corrected chi connectivity index (χ4v) is 2.75. The van der Waals surface area contributed by atoms with Crippen molar-refractivity contribution in [1.29, 1.82) is 0 Å². The zero-order valence-electron chi connectivity index (χ0n) is 13.2. The standard InChI is InChI=1S/C16H21N5O2/c1-12-2-7-16(18-8-12)23-14-5-3-13(4-6-14)20-15(22)9-21-11-17-10-19-21/h2,7-8,10-11,13-14H,3-6,9H2,1H3,(H,20,22). The van der Waals surface area contributed by atoms with Crippen LogP contribution in [0.5, 0.6) is 5.88 Å². The highest BCUT2D eigenvalue weighted by Crippen LogP contribution is 2.23. The van der Waals surface area contributed by atoms with Crippen molar-refractivity contribution in [2.45, 2.75) is 51.3 Å². The molecule has 2 aromatic heterocycles. The van der Waals surface area contributed by atoms with Crippen molar-refractivity contribution in [3.63, 3.8) is 0 Å². The second-order valence-electron chi connectivity index (χ2n) is 5.93. The third-order valence-electron chi connectivity index (χ3n) is 3.98. The van der Waals surface area contributed by atoms with Crippen molar-refractivity contribution < 1.29 is 9.53 Å². The lowest BCUT2D eigenvalue weighted by Crippen LogP contribution is -2.41. The van der Waals surface area contributed by atoms with Crippen molar-refractivity contribution in [3.8, 4) is 5.88 Å². The van der Waals surface area contributed by atoms with Gasteiger partial charge in [0, 0.05) is 18.3 Å². The molecule has 0 aliphatic heterocycles. The summed E-state index contributed by atoms with van der Waals surface area (Å²) < 4.78 is 7.42. The van der Waals surface area contributed by atoms with Gasteiger partial charge in [0.2, 0.25) is 11.8 Å². The summed E-state index contributed by atoms with van der Waals surface area (Å²) in [6.07, 6.45) is 8.63. The van der Waals surface area contributed by atoms with Gasteiger partial charge in [0.15, 0.2) is 0 Å². The van der Waals surface area contributed by atoms with Gasteiger partial charge in [-0.1, -0.05) is 6.07 Å². The van der Waals surface area contributed by atoms with E-state index in [0.717, 1.165) is 31.2 Å². The maximum Gasteiger partial charge on any atom is 0.242 e. The molecule has 23 heavy (non-hydrogen) atoms. The summed E-state index contributed by atoms with van der Waals surface area (Å²) in [4.78, 5) is 20.0. The highest BCUT2D eigenvalue weighted by molar-refractivity contribution is 5.75. The van der Waals surface area contributed by atoms with E-state index in [1.807, 2.05) is 25.3 Å². The predicted octanol–water partition coefficient (Wildman–Crippen LogP) is 1.49. The first-order valence-corrected chi connectivity index (χ1v) is 7.90. The van der Waals surface area contributed by atoms with E-state index in [4.69, 9.17) is 4.74 Å². The van der Waals surface area contributed by atoms with Crippen LogP contribution >= 0.6 is 0 Å². The van der Waals surface area contributed by atoms with E-state index in [9.17, 15) is 4.79 Å².